The van der Waals surface area contributed by atoms with Crippen LogP contribution in [0.25, 0.3) is 0 Å². The molecule has 6 heteroatoms. The zero-order valence-electron chi connectivity index (χ0n) is 14.4. The number of nitrogens with zero attached hydrogens (tertiary/aromatic N) is 4. The molecule has 1 aromatic carbocycles. The summed E-state index contributed by atoms with van der Waals surface area (Å²) in [6.07, 6.45) is 1.64. The molecular weight excluding hydrogens is 302 g/mol. The molecule has 1 aliphatic heterocycles. The predicted octanol–water partition coefficient (Wildman–Crippen LogP) is 1.64. The third-order valence-electron chi connectivity index (χ3n) is 4.26. The van der Waals surface area contributed by atoms with E-state index in [-0.39, 0.29) is 11.9 Å². The monoisotopic (exact) mass is 325 g/mol. The molecule has 1 saturated heterocycles. The minimum absolute atomic E-state index is 0.000220. The van der Waals surface area contributed by atoms with Crippen LogP contribution in [-0.4, -0.2) is 54.5 Å². The highest BCUT2D eigenvalue weighted by atomic mass is 16.2. The van der Waals surface area contributed by atoms with E-state index >= 15 is 0 Å². The van der Waals surface area contributed by atoms with Gasteiger partial charge in [-0.3, -0.25) is 4.79 Å². The number of hydrogen-bond acceptors (Lipinski definition) is 5. The maximum absolute atomic E-state index is 12.9. The number of carbonyl (C=O) groups excluding carboxylic acids is 1. The van der Waals surface area contributed by atoms with Crippen molar-refractivity contribution < 1.29 is 4.79 Å². The summed E-state index contributed by atoms with van der Waals surface area (Å²) in [6, 6.07) is 10.4. The van der Waals surface area contributed by atoms with Crippen molar-refractivity contribution in [2.75, 3.05) is 38.6 Å². The van der Waals surface area contributed by atoms with E-state index in [0.29, 0.717) is 30.3 Å². The van der Waals surface area contributed by atoms with Crippen molar-refractivity contribution in [2.24, 2.45) is 0 Å². The van der Waals surface area contributed by atoms with Gasteiger partial charge in [0, 0.05) is 46.0 Å². The van der Waals surface area contributed by atoms with Gasteiger partial charge in [-0.1, -0.05) is 30.3 Å². The molecule has 126 valence electrons. The number of aryl methyl sites for hydroxylation is 1. The van der Waals surface area contributed by atoms with Crippen molar-refractivity contribution in [1.82, 2.24) is 20.2 Å². The van der Waals surface area contributed by atoms with Crippen LogP contribution >= 0.6 is 0 Å². The Morgan fingerprint density at radius 2 is 2.04 bits per heavy atom. The van der Waals surface area contributed by atoms with Crippen LogP contribution in [0.1, 0.15) is 27.7 Å². The Labute approximate surface area is 142 Å². The lowest BCUT2D eigenvalue weighted by Gasteiger charge is -2.34. The lowest BCUT2D eigenvalue weighted by atomic mass is 10.0. The van der Waals surface area contributed by atoms with Gasteiger partial charge in [-0.25, -0.2) is 9.97 Å². The van der Waals surface area contributed by atoms with E-state index in [9.17, 15) is 4.79 Å². The highest BCUT2D eigenvalue weighted by Crippen LogP contribution is 2.19. The minimum atomic E-state index is 0.000220. The van der Waals surface area contributed by atoms with Gasteiger partial charge in [0.2, 0.25) is 5.95 Å². The van der Waals surface area contributed by atoms with Crippen LogP contribution < -0.4 is 10.2 Å². The summed E-state index contributed by atoms with van der Waals surface area (Å²) in [6.45, 7) is 3.98. The van der Waals surface area contributed by atoms with Gasteiger partial charge in [-0.15, -0.1) is 0 Å². The fraction of sp³-hybridized carbons (Fsp3) is 0.389. The van der Waals surface area contributed by atoms with Crippen LogP contribution in [0.3, 0.4) is 0 Å². The fourth-order valence-corrected chi connectivity index (χ4v) is 2.89. The quantitative estimate of drug-likeness (QED) is 0.929. The normalized spacial score (nSPS) is 17.6. The molecule has 1 aliphatic rings. The molecular formula is C18H23N5O. The topological polar surface area (TPSA) is 61.4 Å². The number of carbonyl (C=O) groups is 1. The average Bonchev–Trinajstić information content (AvgIpc) is 2.62. The van der Waals surface area contributed by atoms with Gasteiger partial charge < -0.3 is 15.1 Å². The fourth-order valence-electron chi connectivity index (χ4n) is 2.89. The van der Waals surface area contributed by atoms with Crippen LogP contribution in [0, 0.1) is 6.92 Å². The predicted molar refractivity (Wildman–Crippen MR) is 94.2 cm³/mol. The molecule has 1 fully saturated rings. The Morgan fingerprint density at radius 1 is 1.29 bits per heavy atom. The molecule has 1 aromatic heterocycles. The smallest absolute Gasteiger partial charge is 0.257 e. The Kier molecular flexibility index (Phi) is 4.76. The number of anilines is 1. The first-order chi connectivity index (χ1) is 11.6. The van der Waals surface area contributed by atoms with Crippen molar-refractivity contribution in [3.05, 3.63) is 53.3 Å². The van der Waals surface area contributed by atoms with Crippen LogP contribution in [0.5, 0.6) is 0 Å². The Morgan fingerprint density at radius 3 is 2.71 bits per heavy atom. The van der Waals surface area contributed by atoms with E-state index in [4.69, 9.17) is 0 Å². The highest BCUT2D eigenvalue weighted by Gasteiger charge is 2.26. The first kappa shape index (κ1) is 16.4. The zero-order valence-corrected chi connectivity index (χ0v) is 14.4. The Balaban J connectivity index is 1.77. The Hall–Kier alpha value is -2.47. The molecule has 1 atom stereocenters. The minimum Gasteiger partial charge on any atom is -0.347 e. The number of piperazine rings is 1. The third kappa shape index (κ3) is 3.38. The number of hydrogen-bond donors (Lipinski definition) is 1. The van der Waals surface area contributed by atoms with Gasteiger partial charge in [-0.05, 0) is 12.5 Å². The lowest BCUT2D eigenvalue weighted by Crippen LogP contribution is -2.48. The lowest BCUT2D eigenvalue weighted by molar-refractivity contribution is 0.0701. The summed E-state index contributed by atoms with van der Waals surface area (Å²) in [7, 11) is 3.77. The standard InChI is InChI=1S/C18H23N5O/c1-13-15(11-20-18(21-13)22(2)3)17(24)23-10-9-19-16(12-23)14-7-5-4-6-8-14/h4-8,11,16,19H,9-10,12H2,1-3H3/t16-/m0/s1. The summed E-state index contributed by atoms with van der Waals surface area (Å²) >= 11 is 0. The molecule has 0 radical (unpaired) electrons. The van der Waals surface area contributed by atoms with Crippen LogP contribution in [0.4, 0.5) is 5.95 Å². The van der Waals surface area contributed by atoms with Gasteiger partial charge in [0.05, 0.1) is 11.3 Å². The van der Waals surface area contributed by atoms with Gasteiger partial charge in [-0.2, -0.15) is 0 Å². The van der Waals surface area contributed by atoms with Crippen molar-refractivity contribution in [3.8, 4) is 0 Å². The largest absolute Gasteiger partial charge is 0.347 e. The van der Waals surface area contributed by atoms with Crippen LogP contribution in [-0.2, 0) is 0 Å². The molecule has 6 nitrogen and oxygen atoms in total. The molecule has 1 N–H and O–H groups in total. The average molecular weight is 325 g/mol. The maximum Gasteiger partial charge on any atom is 0.257 e. The Bertz CT molecular complexity index is 717. The molecule has 0 spiro atoms. The van der Waals surface area contributed by atoms with Crippen LogP contribution in [0.2, 0.25) is 0 Å². The highest BCUT2D eigenvalue weighted by molar-refractivity contribution is 5.95. The molecule has 3 rings (SSSR count). The van der Waals surface area contributed by atoms with Crippen molar-refractivity contribution in [1.29, 1.82) is 0 Å². The molecule has 2 heterocycles. The number of nitrogens with one attached hydrogen (secondary N) is 1. The molecule has 2 aromatic rings. The maximum atomic E-state index is 12.9. The van der Waals surface area contributed by atoms with Crippen molar-refractivity contribution >= 4 is 11.9 Å². The number of benzene rings is 1. The molecule has 0 saturated carbocycles. The number of rotatable bonds is 3. The van der Waals surface area contributed by atoms with E-state index in [2.05, 4.69) is 27.4 Å². The summed E-state index contributed by atoms with van der Waals surface area (Å²) in [5, 5.41) is 3.48. The second kappa shape index (κ2) is 6.97. The van der Waals surface area contributed by atoms with Gasteiger partial charge >= 0.3 is 0 Å². The molecule has 0 bridgehead atoms. The van der Waals surface area contributed by atoms with Gasteiger partial charge in [0.1, 0.15) is 0 Å². The number of amides is 1. The van der Waals surface area contributed by atoms with E-state index in [1.54, 1.807) is 6.20 Å². The van der Waals surface area contributed by atoms with Gasteiger partial charge in [0.15, 0.2) is 0 Å². The SMILES string of the molecule is Cc1nc(N(C)C)ncc1C(=O)N1CCN[C@H](c2ccccc2)C1. The van der Waals surface area contributed by atoms with E-state index in [0.717, 1.165) is 6.54 Å². The van der Waals surface area contributed by atoms with E-state index < -0.39 is 0 Å². The second-order valence-electron chi connectivity index (χ2n) is 6.23. The van der Waals surface area contributed by atoms with E-state index in [1.807, 2.05) is 49.0 Å². The summed E-state index contributed by atoms with van der Waals surface area (Å²) in [5.74, 6) is 0.617. The molecule has 1 amide bonds. The van der Waals surface area contributed by atoms with E-state index in [1.165, 1.54) is 5.56 Å². The van der Waals surface area contributed by atoms with Crippen LogP contribution in [0.15, 0.2) is 36.5 Å². The zero-order chi connectivity index (χ0) is 17.1. The molecule has 0 aliphatic carbocycles. The number of aromatic nitrogens is 2. The summed E-state index contributed by atoms with van der Waals surface area (Å²) in [4.78, 5) is 25.3. The van der Waals surface area contributed by atoms with Crippen molar-refractivity contribution in [2.45, 2.75) is 13.0 Å². The first-order valence-electron chi connectivity index (χ1n) is 8.15. The second-order valence-corrected chi connectivity index (χ2v) is 6.23. The third-order valence-corrected chi connectivity index (χ3v) is 4.26. The molecule has 24 heavy (non-hydrogen) atoms. The molecule has 0 unspecified atom stereocenters. The van der Waals surface area contributed by atoms with Crippen molar-refractivity contribution in [3.63, 3.8) is 0 Å². The first-order valence-corrected chi connectivity index (χ1v) is 8.15. The van der Waals surface area contributed by atoms with Gasteiger partial charge in [0.25, 0.3) is 5.91 Å². The summed E-state index contributed by atoms with van der Waals surface area (Å²) < 4.78 is 0. The summed E-state index contributed by atoms with van der Waals surface area (Å²) in [5.41, 5.74) is 2.49.